The number of anilines is 2. The first-order valence-corrected chi connectivity index (χ1v) is 13.8. The largest absolute Gasteiger partial charge is 0.326 e. The van der Waals surface area contributed by atoms with Crippen molar-refractivity contribution in [3.63, 3.8) is 0 Å². The van der Waals surface area contributed by atoms with E-state index in [2.05, 4.69) is 20.6 Å². The van der Waals surface area contributed by atoms with Crippen molar-refractivity contribution in [2.45, 2.75) is 51.0 Å². The smallest absolute Gasteiger partial charge is 0.242 e. The number of thioether (sulfide) groups is 2. The molecule has 0 aliphatic carbocycles. The van der Waals surface area contributed by atoms with E-state index in [-0.39, 0.29) is 36.5 Å². The summed E-state index contributed by atoms with van der Waals surface area (Å²) in [6.45, 7) is 9.73. The Hall–Kier alpha value is -2.86. The quantitative estimate of drug-likeness (QED) is 0.478. The average Bonchev–Trinajstić information content (AvgIpc) is 3.29. The molecule has 2 heterocycles. The lowest BCUT2D eigenvalue weighted by Gasteiger charge is -2.13. The Morgan fingerprint density at radius 3 is 1.58 bits per heavy atom. The van der Waals surface area contributed by atoms with Crippen LogP contribution in [0.5, 0.6) is 0 Å². The minimum Gasteiger partial charge on any atom is -0.326 e. The number of nitrogens with one attached hydrogen (secondary N) is 2. The molecule has 0 unspecified atom stereocenters. The van der Waals surface area contributed by atoms with E-state index in [1.165, 1.54) is 23.5 Å². The number of amides is 4. The summed E-state index contributed by atoms with van der Waals surface area (Å²) < 4.78 is 0. The molecule has 2 aliphatic heterocycles. The molecule has 1 aromatic rings. The fraction of sp³-hybridized carbons (Fsp3) is 0.500. The van der Waals surface area contributed by atoms with Crippen LogP contribution >= 0.6 is 23.5 Å². The maximum atomic E-state index is 12.6. The Kier molecular flexibility index (Phi) is 9.94. The van der Waals surface area contributed by atoms with E-state index >= 15 is 0 Å². The fourth-order valence-corrected chi connectivity index (χ4v) is 6.34. The van der Waals surface area contributed by atoms with Crippen LogP contribution in [-0.2, 0) is 19.2 Å². The van der Waals surface area contributed by atoms with Crippen molar-refractivity contribution in [3.8, 4) is 0 Å². The van der Waals surface area contributed by atoms with Gasteiger partial charge in [-0.2, -0.15) is 0 Å². The van der Waals surface area contributed by atoms with Gasteiger partial charge in [-0.15, -0.1) is 0 Å². The zero-order valence-electron chi connectivity index (χ0n) is 20.9. The normalized spacial score (nSPS) is 22.1. The molecule has 12 heteroatoms. The lowest BCUT2D eigenvalue weighted by atomic mass is 10.2. The predicted octanol–water partition coefficient (Wildman–Crippen LogP) is 3.02. The molecule has 0 bridgehead atoms. The van der Waals surface area contributed by atoms with Gasteiger partial charge in [0.1, 0.15) is 10.5 Å². The molecule has 2 fully saturated rings. The van der Waals surface area contributed by atoms with Gasteiger partial charge >= 0.3 is 0 Å². The molecule has 0 spiro atoms. The summed E-state index contributed by atoms with van der Waals surface area (Å²) in [6.07, 6.45) is 0.0474. The van der Waals surface area contributed by atoms with Gasteiger partial charge in [0.25, 0.3) is 0 Å². The van der Waals surface area contributed by atoms with Crippen LogP contribution in [-0.4, -0.2) is 80.4 Å². The van der Waals surface area contributed by atoms with Crippen LogP contribution in [0.15, 0.2) is 34.3 Å². The number of amidine groups is 2. The van der Waals surface area contributed by atoms with Gasteiger partial charge in [0, 0.05) is 50.4 Å². The van der Waals surface area contributed by atoms with Crippen molar-refractivity contribution >= 4 is 68.9 Å². The minimum absolute atomic E-state index is 0.0237. The van der Waals surface area contributed by atoms with E-state index in [4.69, 9.17) is 0 Å². The van der Waals surface area contributed by atoms with Gasteiger partial charge in [0.2, 0.25) is 23.6 Å². The van der Waals surface area contributed by atoms with E-state index < -0.39 is 10.5 Å². The third-order valence-electron chi connectivity index (χ3n) is 5.43. The maximum Gasteiger partial charge on any atom is 0.242 e. The molecule has 2 aliphatic rings. The lowest BCUT2D eigenvalue weighted by molar-refractivity contribution is -0.128. The van der Waals surface area contributed by atoms with Crippen LogP contribution in [0.4, 0.5) is 11.4 Å². The monoisotopic (exact) mass is 532 g/mol. The number of hydrogen-bond acceptors (Lipinski definition) is 8. The number of benzene rings is 1. The van der Waals surface area contributed by atoms with Crippen LogP contribution in [0.3, 0.4) is 0 Å². The Labute approximate surface area is 219 Å². The van der Waals surface area contributed by atoms with Gasteiger partial charge in [-0.1, -0.05) is 29.6 Å². The molecule has 36 heavy (non-hydrogen) atoms. The summed E-state index contributed by atoms with van der Waals surface area (Å²) in [4.78, 5) is 62.4. The summed E-state index contributed by atoms with van der Waals surface area (Å²) in [7, 11) is 0. The van der Waals surface area contributed by atoms with E-state index in [1.807, 2.05) is 27.7 Å². The molecule has 2 N–H and O–H groups in total. The molecule has 2 atom stereocenters. The summed E-state index contributed by atoms with van der Waals surface area (Å²) in [5.41, 5.74) is 1.01. The van der Waals surface area contributed by atoms with Crippen LogP contribution in [0.25, 0.3) is 0 Å². The number of carbonyl (C=O) groups is 4. The Bertz CT molecular complexity index is 997. The zero-order chi connectivity index (χ0) is 26.2. The van der Waals surface area contributed by atoms with Crippen molar-refractivity contribution in [1.29, 1.82) is 0 Å². The van der Waals surface area contributed by atoms with Crippen LogP contribution in [0.2, 0.25) is 0 Å². The number of nitrogens with zero attached hydrogens (tertiary/aromatic N) is 4. The summed E-state index contributed by atoms with van der Waals surface area (Å²) in [5, 5.41) is 5.89. The molecule has 0 aromatic heterocycles. The number of rotatable bonds is 10. The van der Waals surface area contributed by atoms with E-state index in [0.717, 1.165) is 0 Å². The molecule has 0 radical (unpaired) electrons. The van der Waals surface area contributed by atoms with Gasteiger partial charge < -0.3 is 10.6 Å². The summed E-state index contributed by atoms with van der Waals surface area (Å²) in [5.74, 6) is -0.820. The SMILES string of the molecule is CCN=C1S[C@@H](CC(=O)Nc2cccc(NC(=O)C[C@@H]3SC(=NCC)N(CC)C3=O)c2)C(=O)N1CC. The topological polar surface area (TPSA) is 124 Å². The third-order valence-corrected chi connectivity index (χ3v) is 7.86. The van der Waals surface area contributed by atoms with Crippen molar-refractivity contribution in [2.24, 2.45) is 9.98 Å². The highest BCUT2D eigenvalue weighted by Gasteiger charge is 2.39. The van der Waals surface area contributed by atoms with E-state index in [0.29, 0.717) is 47.9 Å². The van der Waals surface area contributed by atoms with E-state index in [9.17, 15) is 19.2 Å². The zero-order valence-corrected chi connectivity index (χ0v) is 22.6. The van der Waals surface area contributed by atoms with Crippen LogP contribution < -0.4 is 10.6 Å². The molecular weight excluding hydrogens is 500 g/mol. The Morgan fingerprint density at radius 1 is 0.806 bits per heavy atom. The van der Waals surface area contributed by atoms with Gasteiger partial charge in [0.15, 0.2) is 10.3 Å². The number of hydrogen-bond donors (Lipinski definition) is 2. The minimum atomic E-state index is -0.511. The Balaban J connectivity index is 1.56. The first-order chi connectivity index (χ1) is 17.3. The fourth-order valence-electron chi connectivity index (χ4n) is 3.81. The second-order valence-corrected chi connectivity index (χ2v) is 10.3. The highest BCUT2D eigenvalue weighted by Crippen LogP contribution is 2.31. The first kappa shape index (κ1) is 27.7. The molecular formula is C24H32N6O4S2. The lowest BCUT2D eigenvalue weighted by Crippen LogP contribution is -2.33. The number of carbonyl (C=O) groups excluding carboxylic acids is 4. The predicted molar refractivity (Wildman–Crippen MR) is 146 cm³/mol. The molecule has 2 saturated heterocycles. The van der Waals surface area contributed by atoms with Crippen LogP contribution in [0.1, 0.15) is 40.5 Å². The highest BCUT2D eigenvalue weighted by molar-refractivity contribution is 8.15. The third kappa shape index (κ3) is 6.67. The summed E-state index contributed by atoms with van der Waals surface area (Å²) >= 11 is 2.63. The summed E-state index contributed by atoms with van der Waals surface area (Å²) in [6, 6.07) is 6.78. The van der Waals surface area contributed by atoms with E-state index in [1.54, 1.807) is 34.1 Å². The van der Waals surface area contributed by atoms with Crippen molar-refractivity contribution < 1.29 is 19.2 Å². The molecule has 4 amide bonds. The molecule has 10 nitrogen and oxygen atoms in total. The highest BCUT2D eigenvalue weighted by atomic mass is 32.2. The van der Waals surface area contributed by atoms with Crippen LogP contribution in [0, 0.1) is 0 Å². The molecule has 0 saturated carbocycles. The maximum absolute atomic E-state index is 12.6. The Morgan fingerprint density at radius 2 is 1.22 bits per heavy atom. The number of aliphatic imine (C=N–C) groups is 2. The van der Waals surface area contributed by atoms with Gasteiger partial charge in [-0.3, -0.25) is 39.0 Å². The van der Waals surface area contributed by atoms with Crippen molar-refractivity contribution in [3.05, 3.63) is 24.3 Å². The molecule has 3 rings (SSSR count). The van der Waals surface area contributed by atoms with Crippen molar-refractivity contribution in [2.75, 3.05) is 36.8 Å². The second kappa shape index (κ2) is 12.9. The standard InChI is InChI=1S/C24H32N6O4S2/c1-5-25-23-29(7-3)21(33)17(35-23)13-19(31)27-15-10-9-11-16(12-15)28-20(32)14-18-22(34)30(8-4)24(36-18)26-6-2/h9-12,17-18H,5-8,13-14H2,1-4H3,(H,27,31)(H,28,32)/t17-,18-/m0/s1. The van der Waals surface area contributed by atoms with Gasteiger partial charge in [0.05, 0.1) is 0 Å². The van der Waals surface area contributed by atoms with Gasteiger partial charge in [-0.05, 0) is 45.9 Å². The average molecular weight is 533 g/mol. The molecule has 194 valence electrons. The van der Waals surface area contributed by atoms with Crippen molar-refractivity contribution in [1.82, 2.24) is 9.80 Å². The molecule has 1 aromatic carbocycles. The van der Waals surface area contributed by atoms with Gasteiger partial charge in [-0.25, -0.2) is 0 Å². The first-order valence-electron chi connectivity index (χ1n) is 12.1. The second-order valence-electron chi connectivity index (χ2n) is 7.98.